The SMILES string of the molecule is Cc1ccc(S(=O)(=O)OCc2nc3ccccc3c(OCc3ccccc3)c2C)cc1. The lowest BCUT2D eigenvalue weighted by atomic mass is 10.1. The standard InChI is InChI=1S/C25H23NO4S/c1-18-12-14-21(15-13-18)31(27,28)30-17-24-19(2)25(22-10-6-7-11-23(22)26-24)29-16-20-8-4-3-5-9-20/h3-15H,16-17H2,1-2H3. The van der Waals surface area contributed by atoms with E-state index in [4.69, 9.17) is 8.92 Å². The Labute approximate surface area is 182 Å². The van der Waals surface area contributed by atoms with E-state index in [9.17, 15) is 8.42 Å². The topological polar surface area (TPSA) is 65.5 Å². The summed E-state index contributed by atoms with van der Waals surface area (Å²) in [6.07, 6.45) is 0. The molecule has 3 aromatic carbocycles. The van der Waals surface area contributed by atoms with Crippen molar-refractivity contribution in [1.82, 2.24) is 4.98 Å². The van der Waals surface area contributed by atoms with Crippen molar-refractivity contribution in [2.75, 3.05) is 0 Å². The molecule has 5 nitrogen and oxygen atoms in total. The van der Waals surface area contributed by atoms with Gasteiger partial charge in [-0.05, 0) is 43.7 Å². The molecule has 0 N–H and O–H groups in total. The summed E-state index contributed by atoms with van der Waals surface area (Å²) in [4.78, 5) is 4.75. The van der Waals surface area contributed by atoms with Crippen LogP contribution in [0.15, 0.2) is 83.8 Å². The molecule has 0 spiro atoms. The molecule has 1 aromatic heterocycles. The van der Waals surface area contributed by atoms with Crippen molar-refractivity contribution in [3.8, 4) is 5.75 Å². The van der Waals surface area contributed by atoms with E-state index in [-0.39, 0.29) is 11.5 Å². The molecule has 0 aliphatic heterocycles. The number of rotatable bonds is 7. The first kappa shape index (κ1) is 21.0. The quantitative estimate of drug-likeness (QED) is 0.368. The van der Waals surface area contributed by atoms with E-state index >= 15 is 0 Å². The average molecular weight is 434 g/mol. The number of nitrogens with zero attached hydrogens (tertiary/aromatic N) is 1. The van der Waals surface area contributed by atoms with Gasteiger partial charge in [-0.3, -0.25) is 4.18 Å². The van der Waals surface area contributed by atoms with E-state index in [1.807, 2.05) is 68.4 Å². The third-order valence-corrected chi connectivity index (χ3v) is 6.34. The highest BCUT2D eigenvalue weighted by molar-refractivity contribution is 7.86. The Hall–Kier alpha value is -3.22. The van der Waals surface area contributed by atoms with E-state index in [1.165, 1.54) is 0 Å². The van der Waals surface area contributed by atoms with Gasteiger partial charge in [-0.1, -0.05) is 60.2 Å². The maximum Gasteiger partial charge on any atom is 0.297 e. The maximum atomic E-state index is 12.6. The van der Waals surface area contributed by atoms with Crippen LogP contribution in [-0.4, -0.2) is 13.4 Å². The summed E-state index contributed by atoms with van der Waals surface area (Å²) in [7, 11) is -3.89. The van der Waals surface area contributed by atoms with Gasteiger partial charge in [-0.2, -0.15) is 8.42 Å². The average Bonchev–Trinajstić information content (AvgIpc) is 2.78. The monoisotopic (exact) mass is 433 g/mol. The smallest absolute Gasteiger partial charge is 0.297 e. The minimum atomic E-state index is -3.89. The lowest BCUT2D eigenvalue weighted by Gasteiger charge is -2.16. The Morgan fingerprint density at radius 1 is 0.806 bits per heavy atom. The van der Waals surface area contributed by atoms with Gasteiger partial charge in [0.2, 0.25) is 0 Å². The van der Waals surface area contributed by atoms with E-state index in [0.717, 1.165) is 27.6 Å². The first-order valence-electron chi connectivity index (χ1n) is 9.95. The summed E-state index contributed by atoms with van der Waals surface area (Å²) in [5.74, 6) is 0.681. The normalized spacial score (nSPS) is 11.5. The highest BCUT2D eigenvalue weighted by Gasteiger charge is 2.19. The third-order valence-electron chi connectivity index (χ3n) is 5.06. The van der Waals surface area contributed by atoms with Crippen LogP contribution in [-0.2, 0) is 27.5 Å². The predicted molar refractivity (Wildman–Crippen MR) is 120 cm³/mol. The van der Waals surface area contributed by atoms with E-state index in [0.29, 0.717) is 18.1 Å². The molecule has 158 valence electrons. The van der Waals surface area contributed by atoms with Crippen molar-refractivity contribution in [3.63, 3.8) is 0 Å². The van der Waals surface area contributed by atoms with Crippen LogP contribution in [0.4, 0.5) is 0 Å². The summed E-state index contributed by atoms with van der Waals surface area (Å²) in [6.45, 7) is 4.00. The molecule has 0 saturated carbocycles. The molecular formula is C25H23NO4S. The molecule has 0 fully saturated rings. The fraction of sp³-hybridized carbons (Fsp3) is 0.160. The number of para-hydroxylation sites is 1. The van der Waals surface area contributed by atoms with Crippen molar-refractivity contribution in [1.29, 1.82) is 0 Å². The molecule has 0 bridgehead atoms. The molecular weight excluding hydrogens is 410 g/mol. The van der Waals surface area contributed by atoms with Gasteiger partial charge in [0.05, 0.1) is 16.1 Å². The van der Waals surface area contributed by atoms with Crippen LogP contribution in [0.25, 0.3) is 10.9 Å². The molecule has 0 saturated heterocycles. The van der Waals surface area contributed by atoms with Crippen molar-refractivity contribution in [3.05, 3.63) is 101 Å². The van der Waals surface area contributed by atoms with Crippen LogP contribution in [0.3, 0.4) is 0 Å². The number of aryl methyl sites for hydroxylation is 1. The largest absolute Gasteiger partial charge is 0.488 e. The van der Waals surface area contributed by atoms with Gasteiger partial charge in [0.15, 0.2) is 0 Å². The van der Waals surface area contributed by atoms with Crippen LogP contribution in [0, 0.1) is 13.8 Å². The summed E-state index contributed by atoms with van der Waals surface area (Å²) in [5, 5.41) is 0.876. The number of ether oxygens (including phenoxy) is 1. The zero-order valence-electron chi connectivity index (χ0n) is 17.4. The first-order chi connectivity index (χ1) is 14.9. The van der Waals surface area contributed by atoms with Gasteiger partial charge in [0.1, 0.15) is 19.0 Å². The van der Waals surface area contributed by atoms with Crippen molar-refractivity contribution in [2.24, 2.45) is 0 Å². The van der Waals surface area contributed by atoms with Crippen LogP contribution >= 0.6 is 0 Å². The second-order valence-corrected chi connectivity index (χ2v) is 8.95. The zero-order chi connectivity index (χ0) is 21.8. The van der Waals surface area contributed by atoms with Crippen LogP contribution in [0.5, 0.6) is 5.75 Å². The molecule has 0 amide bonds. The van der Waals surface area contributed by atoms with Crippen molar-refractivity contribution < 1.29 is 17.3 Å². The van der Waals surface area contributed by atoms with E-state index < -0.39 is 10.1 Å². The van der Waals surface area contributed by atoms with Gasteiger partial charge in [0.25, 0.3) is 10.1 Å². The second-order valence-electron chi connectivity index (χ2n) is 7.33. The van der Waals surface area contributed by atoms with Gasteiger partial charge in [-0.25, -0.2) is 4.98 Å². The number of benzene rings is 3. The molecule has 6 heteroatoms. The second kappa shape index (κ2) is 8.88. The third kappa shape index (κ3) is 4.76. The zero-order valence-corrected chi connectivity index (χ0v) is 18.2. The highest BCUT2D eigenvalue weighted by Crippen LogP contribution is 2.32. The van der Waals surface area contributed by atoms with E-state index in [2.05, 4.69) is 4.98 Å². The Morgan fingerprint density at radius 2 is 1.48 bits per heavy atom. The Kier molecular flexibility index (Phi) is 6.02. The highest BCUT2D eigenvalue weighted by atomic mass is 32.2. The van der Waals surface area contributed by atoms with Gasteiger partial charge < -0.3 is 4.74 Å². The summed E-state index contributed by atoms with van der Waals surface area (Å²) < 4.78 is 36.7. The van der Waals surface area contributed by atoms with Crippen molar-refractivity contribution >= 4 is 21.0 Å². The fourth-order valence-corrected chi connectivity index (χ4v) is 4.16. The summed E-state index contributed by atoms with van der Waals surface area (Å²) >= 11 is 0. The molecule has 0 aliphatic rings. The lowest BCUT2D eigenvalue weighted by molar-refractivity contribution is 0.293. The van der Waals surface area contributed by atoms with Gasteiger partial charge in [-0.15, -0.1) is 0 Å². The van der Waals surface area contributed by atoms with Crippen LogP contribution < -0.4 is 4.74 Å². The number of fused-ring (bicyclic) bond motifs is 1. The maximum absolute atomic E-state index is 12.6. The molecule has 1 heterocycles. The molecule has 0 atom stereocenters. The minimum Gasteiger partial charge on any atom is -0.488 e. The van der Waals surface area contributed by atoms with Gasteiger partial charge in [0, 0.05) is 10.9 Å². The number of hydrogen-bond acceptors (Lipinski definition) is 5. The predicted octanol–water partition coefficient (Wildman–Crippen LogP) is 5.34. The molecule has 4 rings (SSSR count). The van der Waals surface area contributed by atoms with Crippen molar-refractivity contribution in [2.45, 2.75) is 32.0 Å². The molecule has 4 aromatic rings. The first-order valence-corrected chi connectivity index (χ1v) is 11.4. The Bertz CT molecular complexity index is 1300. The fourth-order valence-electron chi connectivity index (χ4n) is 3.29. The minimum absolute atomic E-state index is 0.122. The van der Waals surface area contributed by atoms with Crippen LogP contribution in [0.1, 0.15) is 22.4 Å². The molecule has 31 heavy (non-hydrogen) atoms. The Balaban J connectivity index is 1.63. The summed E-state index contributed by atoms with van der Waals surface area (Å²) in [6, 6.07) is 24.1. The molecule has 0 unspecified atom stereocenters. The van der Waals surface area contributed by atoms with E-state index in [1.54, 1.807) is 24.3 Å². The molecule has 0 aliphatic carbocycles. The lowest BCUT2D eigenvalue weighted by Crippen LogP contribution is -2.09. The summed E-state index contributed by atoms with van der Waals surface area (Å²) in [5.41, 5.74) is 4.03. The number of hydrogen-bond donors (Lipinski definition) is 0. The van der Waals surface area contributed by atoms with Gasteiger partial charge >= 0.3 is 0 Å². The van der Waals surface area contributed by atoms with Crippen LogP contribution in [0.2, 0.25) is 0 Å². The number of aromatic nitrogens is 1. The molecule has 0 radical (unpaired) electrons. The number of pyridine rings is 1. The Morgan fingerprint density at radius 3 is 2.23 bits per heavy atom.